The summed E-state index contributed by atoms with van der Waals surface area (Å²) in [6.45, 7) is 4.79. The van der Waals surface area contributed by atoms with E-state index in [2.05, 4.69) is 4.90 Å². The van der Waals surface area contributed by atoms with Gasteiger partial charge in [0.2, 0.25) is 0 Å². The van der Waals surface area contributed by atoms with Crippen LogP contribution in [0.1, 0.15) is 44.9 Å². The minimum atomic E-state index is 0. The first kappa shape index (κ1) is 14.3. The minimum Gasteiger partial charge on any atom is -0.330 e. The lowest BCUT2D eigenvalue weighted by atomic mass is 9.87. The number of nitrogens with two attached hydrogens (primary N) is 1. The molecule has 0 amide bonds. The molecule has 16 heavy (non-hydrogen) atoms. The van der Waals surface area contributed by atoms with Crippen molar-refractivity contribution in [2.45, 2.75) is 44.9 Å². The lowest BCUT2D eigenvalue weighted by molar-refractivity contribution is 0.260. The fourth-order valence-corrected chi connectivity index (χ4v) is 3.15. The second-order valence-corrected chi connectivity index (χ2v) is 5.48. The topological polar surface area (TPSA) is 29.3 Å². The van der Waals surface area contributed by atoms with Crippen LogP contribution in [0.3, 0.4) is 0 Å². The van der Waals surface area contributed by atoms with Crippen molar-refractivity contribution in [3.05, 3.63) is 0 Å². The molecular weight excluding hydrogens is 220 g/mol. The Morgan fingerprint density at radius 3 is 2.38 bits per heavy atom. The van der Waals surface area contributed by atoms with Crippen molar-refractivity contribution in [1.82, 2.24) is 4.90 Å². The Morgan fingerprint density at radius 2 is 1.75 bits per heavy atom. The lowest BCUT2D eigenvalue weighted by Crippen LogP contribution is -2.26. The maximum absolute atomic E-state index is 5.71. The molecule has 1 heterocycles. The van der Waals surface area contributed by atoms with Crippen LogP contribution < -0.4 is 5.73 Å². The fourth-order valence-electron chi connectivity index (χ4n) is 3.15. The monoisotopic (exact) mass is 246 g/mol. The third-order valence-electron chi connectivity index (χ3n) is 4.28. The third kappa shape index (κ3) is 4.23. The van der Waals surface area contributed by atoms with Gasteiger partial charge >= 0.3 is 0 Å². The Balaban J connectivity index is 0.00000128. The van der Waals surface area contributed by atoms with Gasteiger partial charge in [0.25, 0.3) is 0 Å². The van der Waals surface area contributed by atoms with Gasteiger partial charge in [0.05, 0.1) is 0 Å². The van der Waals surface area contributed by atoms with Crippen molar-refractivity contribution in [1.29, 1.82) is 0 Å². The van der Waals surface area contributed by atoms with Crippen molar-refractivity contribution in [3.63, 3.8) is 0 Å². The van der Waals surface area contributed by atoms with Crippen LogP contribution in [0.4, 0.5) is 0 Å². The van der Waals surface area contributed by atoms with Crippen LogP contribution in [-0.2, 0) is 0 Å². The van der Waals surface area contributed by atoms with Gasteiger partial charge in [-0.1, -0.05) is 32.1 Å². The molecule has 1 aliphatic heterocycles. The predicted octanol–water partition coefficient (Wildman–Crippen LogP) is 2.66. The molecule has 0 radical (unpaired) electrons. The van der Waals surface area contributed by atoms with Gasteiger partial charge in [0.15, 0.2) is 0 Å². The molecule has 2 fully saturated rings. The molecule has 1 atom stereocenters. The minimum absolute atomic E-state index is 0. The smallest absolute Gasteiger partial charge is 0.00222 e. The second-order valence-electron chi connectivity index (χ2n) is 5.48. The summed E-state index contributed by atoms with van der Waals surface area (Å²) in [4.78, 5) is 2.63. The highest BCUT2D eigenvalue weighted by atomic mass is 35.5. The summed E-state index contributed by atoms with van der Waals surface area (Å²) in [5.41, 5.74) is 5.71. The number of likely N-dealkylation sites (tertiary alicyclic amines) is 1. The molecule has 0 aromatic carbocycles. The molecule has 0 bridgehead atoms. The first-order chi connectivity index (χ1) is 7.38. The van der Waals surface area contributed by atoms with Crippen LogP contribution >= 0.6 is 12.4 Å². The maximum atomic E-state index is 5.71. The van der Waals surface area contributed by atoms with Crippen molar-refractivity contribution < 1.29 is 0 Å². The zero-order valence-corrected chi connectivity index (χ0v) is 11.2. The SMILES string of the molecule is Cl.NCC1CCN(CCC2CCCCC2)C1. The van der Waals surface area contributed by atoms with E-state index >= 15 is 0 Å². The molecule has 1 saturated heterocycles. The van der Waals surface area contributed by atoms with E-state index < -0.39 is 0 Å². The lowest BCUT2D eigenvalue weighted by Gasteiger charge is -2.24. The molecule has 1 saturated carbocycles. The summed E-state index contributed by atoms with van der Waals surface area (Å²) < 4.78 is 0. The van der Waals surface area contributed by atoms with Crippen LogP contribution in [-0.4, -0.2) is 31.1 Å². The second kappa shape index (κ2) is 7.52. The average molecular weight is 247 g/mol. The Bertz CT molecular complexity index is 181. The molecule has 0 spiro atoms. The molecule has 2 nitrogen and oxygen atoms in total. The van der Waals surface area contributed by atoms with Crippen molar-refractivity contribution in [3.8, 4) is 0 Å². The quantitative estimate of drug-likeness (QED) is 0.827. The van der Waals surface area contributed by atoms with Crippen molar-refractivity contribution in [2.75, 3.05) is 26.2 Å². The van der Waals surface area contributed by atoms with E-state index in [1.54, 1.807) is 0 Å². The van der Waals surface area contributed by atoms with Crippen LogP contribution in [0.2, 0.25) is 0 Å². The number of nitrogens with zero attached hydrogens (tertiary/aromatic N) is 1. The Labute approximate surface area is 106 Å². The zero-order valence-electron chi connectivity index (χ0n) is 10.4. The summed E-state index contributed by atoms with van der Waals surface area (Å²) in [5.74, 6) is 1.83. The summed E-state index contributed by atoms with van der Waals surface area (Å²) in [7, 11) is 0. The van der Waals surface area contributed by atoms with E-state index in [9.17, 15) is 0 Å². The highest BCUT2D eigenvalue weighted by Crippen LogP contribution is 2.27. The van der Waals surface area contributed by atoms with Gasteiger partial charge < -0.3 is 10.6 Å². The largest absolute Gasteiger partial charge is 0.330 e. The van der Waals surface area contributed by atoms with E-state index in [-0.39, 0.29) is 12.4 Å². The number of rotatable bonds is 4. The van der Waals surface area contributed by atoms with Gasteiger partial charge in [-0.05, 0) is 44.3 Å². The summed E-state index contributed by atoms with van der Waals surface area (Å²) >= 11 is 0. The molecular formula is C13H27ClN2. The van der Waals surface area contributed by atoms with Crippen LogP contribution in [0.15, 0.2) is 0 Å². The average Bonchev–Trinajstić information content (AvgIpc) is 2.76. The van der Waals surface area contributed by atoms with Crippen molar-refractivity contribution >= 4 is 12.4 Å². The molecule has 2 N–H and O–H groups in total. The van der Waals surface area contributed by atoms with Gasteiger partial charge in [-0.15, -0.1) is 12.4 Å². The standard InChI is InChI=1S/C13H26N2.ClH/c14-10-13-7-9-15(11-13)8-6-12-4-2-1-3-5-12;/h12-13H,1-11,14H2;1H. The van der Waals surface area contributed by atoms with Crippen molar-refractivity contribution in [2.24, 2.45) is 17.6 Å². The first-order valence-electron chi connectivity index (χ1n) is 6.81. The zero-order chi connectivity index (χ0) is 10.5. The molecule has 0 aromatic heterocycles. The molecule has 2 rings (SSSR count). The molecule has 3 heteroatoms. The third-order valence-corrected chi connectivity index (χ3v) is 4.28. The normalized spacial score (nSPS) is 27.9. The maximum Gasteiger partial charge on any atom is 0.00222 e. The predicted molar refractivity (Wildman–Crippen MR) is 72.0 cm³/mol. The Morgan fingerprint density at radius 1 is 1.00 bits per heavy atom. The summed E-state index contributed by atoms with van der Waals surface area (Å²) in [6, 6.07) is 0. The van der Waals surface area contributed by atoms with Gasteiger partial charge in [-0.2, -0.15) is 0 Å². The Hall–Kier alpha value is 0.210. The van der Waals surface area contributed by atoms with Crippen LogP contribution in [0, 0.1) is 11.8 Å². The molecule has 1 aliphatic carbocycles. The highest BCUT2D eigenvalue weighted by molar-refractivity contribution is 5.85. The highest BCUT2D eigenvalue weighted by Gasteiger charge is 2.22. The molecule has 96 valence electrons. The number of hydrogen-bond donors (Lipinski definition) is 1. The van der Waals surface area contributed by atoms with Gasteiger partial charge in [0, 0.05) is 6.54 Å². The van der Waals surface area contributed by atoms with E-state index in [1.807, 2.05) is 0 Å². The molecule has 1 unspecified atom stereocenters. The van der Waals surface area contributed by atoms with E-state index in [4.69, 9.17) is 5.73 Å². The first-order valence-corrected chi connectivity index (χ1v) is 6.81. The number of hydrogen-bond acceptors (Lipinski definition) is 2. The van der Waals surface area contributed by atoms with Crippen LogP contribution in [0.25, 0.3) is 0 Å². The van der Waals surface area contributed by atoms with E-state index in [1.165, 1.54) is 64.6 Å². The summed E-state index contributed by atoms with van der Waals surface area (Å²) in [5, 5.41) is 0. The van der Waals surface area contributed by atoms with Gasteiger partial charge in [-0.25, -0.2) is 0 Å². The van der Waals surface area contributed by atoms with Crippen LogP contribution in [0.5, 0.6) is 0 Å². The van der Waals surface area contributed by atoms with Gasteiger partial charge in [0.1, 0.15) is 0 Å². The van der Waals surface area contributed by atoms with E-state index in [0.717, 1.165) is 18.4 Å². The molecule has 2 aliphatic rings. The summed E-state index contributed by atoms with van der Waals surface area (Å²) in [6.07, 6.45) is 10.2. The van der Waals surface area contributed by atoms with Gasteiger partial charge in [-0.3, -0.25) is 0 Å². The fraction of sp³-hybridized carbons (Fsp3) is 1.00. The Kier molecular flexibility index (Phi) is 6.71. The number of halogens is 1. The molecule has 0 aromatic rings. The van der Waals surface area contributed by atoms with E-state index in [0.29, 0.717) is 0 Å².